The van der Waals surface area contributed by atoms with E-state index in [0.29, 0.717) is 0 Å². The van der Waals surface area contributed by atoms with Crippen LogP contribution < -0.4 is 0 Å². The highest BCUT2D eigenvalue weighted by molar-refractivity contribution is 8.20. The summed E-state index contributed by atoms with van der Waals surface area (Å²) in [7, 11) is 0. The van der Waals surface area contributed by atoms with E-state index < -0.39 is 0 Å². The molecule has 0 unspecified atom stereocenters. The van der Waals surface area contributed by atoms with Gasteiger partial charge < -0.3 is 4.74 Å². The molecule has 0 aromatic heterocycles. The SMILES string of the molecule is c1ccc(CS[C@]2(c3ccccc3)O[C@H](c3ccccc3)CC23SCCCS3)cc1. The van der Waals surface area contributed by atoms with E-state index in [4.69, 9.17) is 4.74 Å². The Kier molecular flexibility index (Phi) is 6.19. The average molecular weight is 451 g/mol. The number of thioether (sulfide) groups is 3. The normalized spacial score (nSPS) is 25.4. The van der Waals surface area contributed by atoms with Crippen LogP contribution in [0.4, 0.5) is 0 Å². The number of rotatable bonds is 5. The lowest BCUT2D eigenvalue weighted by atomic mass is 10.0. The highest BCUT2D eigenvalue weighted by Gasteiger charge is 2.62. The summed E-state index contributed by atoms with van der Waals surface area (Å²) < 4.78 is 7.18. The molecule has 2 saturated heterocycles. The first-order valence-corrected chi connectivity index (χ1v) is 13.5. The van der Waals surface area contributed by atoms with Crippen molar-refractivity contribution in [2.75, 3.05) is 11.5 Å². The molecule has 1 nitrogen and oxygen atoms in total. The first-order valence-electron chi connectivity index (χ1n) is 10.6. The molecular weight excluding hydrogens is 424 g/mol. The van der Waals surface area contributed by atoms with Crippen molar-refractivity contribution in [1.82, 2.24) is 0 Å². The quantitative estimate of drug-likeness (QED) is 0.398. The van der Waals surface area contributed by atoms with Gasteiger partial charge in [0.15, 0.2) is 4.93 Å². The van der Waals surface area contributed by atoms with Gasteiger partial charge in [-0.25, -0.2) is 0 Å². The Balaban J connectivity index is 1.58. The summed E-state index contributed by atoms with van der Waals surface area (Å²) in [5.41, 5.74) is 3.94. The zero-order valence-electron chi connectivity index (χ0n) is 16.9. The van der Waals surface area contributed by atoms with E-state index in [1.807, 2.05) is 11.8 Å². The van der Waals surface area contributed by atoms with Crippen LogP contribution >= 0.6 is 35.3 Å². The zero-order valence-corrected chi connectivity index (χ0v) is 19.4. The van der Waals surface area contributed by atoms with Gasteiger partial charge in [0.1, 0.15) is 4.08 Å². The van der Waals surface area contributed by atoms with E-state index in [1.165, 1.54) is 34.6 Å². The van der Waals surface area contributed by atoms with Crippen LogP contribution in [-0.2, 0) is 15.4 Å². The molecule has 0 bridgehead atoms. The van der Waals surface area contributed by atoms with Gasteiger partial charge in [-0.05, 0) is 34.6 Å². The summed E-state index contributed by atoms with van der Waals surface area (Å²) in [4.78, 5) is -0.375. The second-order valence-corrected chi connectivity index (χ2v) is 12.0. The van der Waals surface area contributed by atoms with Crippen molar-refractivity contribution >= 4 is 35.3 Å². The first kappa shape index (κ1) is 20.6. The van der Waals surface area contributed by atoms with E-state index in [9.17, 15) is 0 Å². The van der Waals surface area contributed by atoms with Crippen LogP contribution in [0, 0.1) is 0 Å². The Bertz CT molecular complexity index is 942. The van der Waals surface area contributed by atoms with Gasteiger partial charge in [-0.15, -0.1) is 35.3 Å². The lowest BCUT2D eigenvalue weighted by Gasteiger charge is -2.45. The molecule has 1 spiro atoms. The molecule has 3 aromatic rings. The van der Waals surface area contributed by atoms with Crippen LogP contribution in [0.1, 0.15) is 35.6 Å². The van der Waals surface area contributed by atoms with Crippen molar-refractivity contribution in [3.63, 3.8) is 0 Å². The molecule has 2 aliphatic heterocycles. The fourth-order valence-electron chi connectivity index (χ4n) is 4.38. The molecule has 0 aliphatic carbocycles. The third kappa shape index (κ3) is 3.84. The zero-order chi connectivity index (χ0) is 20.3. The molecule has 0 saturated carbocycles. The minimum absolute atomic E-state index is 0.0204. The fourth-order valence-corrected chi connectivity index (χ4v) is 9.94. The standard InChI is InChI=1S/C26H26OS3/c1-4-11-21(12-5-1)20-30-26(23-15-8-3-9-16-23)25(28-17-10-18-29-25)19-24(27-26)22-13-6-2-7-14-22/h1-9,11-16,24H,10,17-20H2/t24-,26-/m0/s1. The summed E-state index contributed by atoms with van der Waals surface area (Å²) in [6, 6.07) is 32.6. The summed E-state index contributed by atoms with van der Waals surface area (Å²) in [5, 5.41) is 0. The summed E-state index contributed by atoms with van der Waals surface area (Å²) in [6.45, 7) is 0. The van der Waals surface area contributed by atoms with Gasteiger partial charge >= 0.3 is 0 Å². The minimum atomic E-state index is -0.375. The summed E-state index contributed by atoms with van der Waals surface area (Å²) in [5.74, 6) is 3.36. The first-order chi connectivity index (χ1) is 14.8. The maximum Gasteiger partial charge on any atom is 0.164 e. The fraction of sp³-hybridized carbons (Fsp3) is 0.308. The van der Waals surface area contributed by atoms with Crippen molar-refractivity contribution in [1.29, 1.82) is 0 Å². The van der Waals surface area contributed by atoms with Crippen LogP contribution in [0.15, 0.2) is 91.0 Å². The summed E-state index contributed by atoms with van der Waals surface area (Å²) in [6.07, 6.45) is 2.44. The molecule has 0 radical (unpaired) electrons. The molecule has 30 heavy (non-hydrogen) atoms. The molecule has 2 atom stereocenters. The third-order valence-corrected chi connectivity index (χ3v) is 11.2. The average Bonchev–Trinajstić information content (AvgIpc) is 3.14. The summed E-state index contributed by atoms with van der Waals surface area (Å²) >= 11 is 6.23. The number of ether oxygens (including phenoxy) is 1. The van der Waals surface area contributed by atoms with E-state index in [1.54, 1.807) is 0 Å². The van der Waals surface area contributed by atoms with Crippen molar-refractivity contribution in [3.8, 4) is 0 Å². The maximum absolute atomic E-state index is 7.16. The third-order valence-electron chi connectivity index (χ3n) is 5.83. The van der Waals surface area contributed by atoms with Crippen LogP contribution in [0.5, 0.6) is 0 Å². The molecule has 4 heteroatoms. The van der Waals surface area contributed by atoms with Crippen molar-refractivity contribution in [2.24, 2.45) is 0 Å². The van der Waals surface area contributed by atoms with Crippen molar-refractivity contribution < 1.29 is 4.74 Å². The molecular formula is C26H26OS3. The smallest absolute Gasteiger partial charge is 0.164 e. The molecule has 2 heterocycles. The predicted molar refractivity (Wildman–Crippen MR) is 133 cm³/mol. The van der Waals surface area contributed by atoms with Gasteiger partial charge in [0.05, 0.1) is 6.10 Å². The monoisotopic (exact) mass is 450 g/mol. The maximum atomic E-state index is 7.16. The predicted octanol–water partition coefficient (Wildman–Crippen LogP) is 7.50. The van der Waals surface area contributed by atoms with E-state index >= 15 is 0 Å². The number of hydrogen-bond acceptors (Lipinski definition) is 4. The van der Waals surface area contributed by atoms with Gasteiger partial charge in [0.25, 0.3) is 0 Å². The molecule has 0 N–H and O–H groups in total. The van der Waals surface area contributed by atoms with Crippen LogP contribution in [0.25, 0.3) is 0 Å². The number of benzene rings is 3. The minimum Gasteiger partial charge on any atom is -0.350 e. The van der Waals surface area contributed by atoms with E-state index in [-0.39, 0.29) is 15.1 Å². The van der Waals surface area contributed by atoms with Gasteiger partial charge in [-0.3, -0.25) is 0 Å². The van der Waals surface area contributed by atoms with E-state index in [0.717, 1.165) is 12.2 Å². The molecule has 2 fully saturated rings. The Morgan fingerprint density at radius 3 is 2.07 bits per heavy atom. The molecule has 2 aliphatic rings. The van der Waals surface area contributed by atoms with Crippen LogP contribution in [0.2, 0.25) is 0 Å². The Morgan fingerprint density at radius 1 is 0.800 bits per heavy atom. The Labute approximate surface area is 192 Å². The van der Waals surface area contributed by atoms with E-state index in [2.05, 4.69) is 115 Å². The van der Waals surface area contributed by atoms with Crippen LogP contribution in [0.3, 0.4) is 0 Å². The van der Waals surface area contributed by atoms with Gasteiger partial charge in [-0.2, -0.15) is 0 Å². The molecule has 3 aromatic carbocycles. The van der Waals surface area contributed by atoms with Crippen molar-refractivity contribution in [2.45, 2.75) is 33.7 Å². The van der Waals surface area contributed by atoms with Gasteiger partial charge in [-0.1, -0.05) is 91.0 Å². The number of hydrogen-bond donors (Lipinski definition) is 0. The highest BCUT2D eigenvalue weighted by atomic mass is 32.2. The van der Waals surface area contributed by atoms with Crippen LogP contribution in [-0.4, -0.2) is 15.6 Å². The van der Waals surface area contributed by atoms with Crippen molar-refractivity contribution in [3.05, 3.63) is 108 Å². The lowest BCUT2D eigenvalue weighted by molar-refractivity contribution is 0.0176. The largest absolute Gasteiger partial charge is 0.350 e. The lowest BCUT2D eigenvalue weighted by Crippen LogP contribution is -2.43. The highest BCUT2D eigenvalue weighted by Crippen LogP contribution is 2.69. The molecule has 5 rings (SSSR count). The second-order valence-electron chi connectivity index (χ2n) is 7.78. The van der Waals surface area contributed by atoms with Gasteiger partial charge in [0.2, 0.25) is 0 Å². The Hall–Kier alpha value is -1.33. The molecule has 0 amide bonds. The topological polar surface area (TPSA) is 9.23 Å². The Morgan fingerprint density at radius 2 is 1.40 bits per heavy atom. The second kappa shape index (κ2) is 9.04. The molecule has 154 valence electrons. The van der Waals surface area contributed by atoms with Gasteiger partial charge in [0, 0.05) is 12.2 Å².